The molecule has 0 radical (unpaired) electrons. The zero-order valence-electron chi connectivity index (χ0n) is 15.3. The van der Waals surface area contributed by atoms with Crippen molar-refractivity contribution in [2.75, 3.05) is 7.11 Å². The maximum absolute atomic E-state index is 5.34. The van der Waals surface area contributed by atoms with Crippen molar-refractivity contribution in [3.8, 4) is 17.0 Å². The quantitative estimate of drug-likeness (QED) is 0.542. The van der Waals surface area contributed by atoms with Gasteiger partial charge < -0.3 is 10.1 Å². The first-order chi connectivity index (χ1) is 13.2. The highest BCUT2D eigenvalue weighted by molar-refractivity contribution is 7.08. The van der Waals surface area contributed by atoms with E-state index in [1.165, 1.54) is 0 Å². The number of aryl methyl sites for hydroxylation is 1. The number of ether oxygens (including phenoxy) is 1. The van der Waals surface area contributed by atoms with Gasteiger partial charge in [-0.15, -0.1) is 0 Å². The summed E-state index contributed by atoms with van der Waals surface area (Å²) in [5.74, 6) is 0.815. The first kappa shape index (κ1) is 17.6. The maximum atomic E-state index is 5.34. The van der Waals surface area contributed by atoms with E-state index in [0.29, 0.717) is 13.1 Å². The molecule has 0 aliphatic carbocycles. The lowest BCUT2D eigenvalue weighted by atomic mass is 10.0. The Kier molecular flexibility index (Phi) is 5.09. The predicted molar refractivity (Wildman–Crippen MR) is 109 cm³/mol. The topological polar surface area (TPSA) is 59.9 Å². The summed E-state index contributed by atoms with van der Waals surface area (Å²) in [5.41, 5.74) is 6.08. The zero-order chi connectivity index (χ0) is 18.6. The molecule has 0 aliphatic rings. The molecule has 4 rings (SSSR count). The van der Waals surface area contributed by atoms with Gasteiger partial charge in [0.1, 0.15) is 5.75 Å². The summed E-state index contributed by atoms with van der Waals surface area (Å²) in [7, 11) is 1.67. The van der Waals surface area contributed by atoms with Crippen molar-refractivity contribution in [3.05, 3.63) is 70.4 Å². The van der Waals surface area contributed by atoms with Crippen molar-refractivity contribution in [2.24, 2.45) is 0 Å². The zero-order valence-corrected chi connectivity index (χ0v) is 16.1. The fourth-order valence-electron chi connectivity index (χ4n) is 2.94. The van der Waals surface area contributed by atoms with Gasteiger partial charge in [-0.3, -0.25) is 9.97 Å². The summed E-state index contributed by atoms with van der Waals surface area (Å²) in [6.07, 6.45) is 3.60. The molecule has 0 atom stereocenters. The second-order valence-electron chi connectivity index (χ2n) is 6.32. The molecule has 0 saturated heterocycles. The van der Waals surface area contributed by atoms with Gasteiger partial charge in [-0.2, -0.15) is 11.3 Å². The Bertz CT molecular complexity index is 1050. The SMILES string of the molecule is COc1ccc2cc(CNCc3cnc(C)cn3)c(-c3ccsc3)nc2c1. The van der Waals surface area contributed by atoms with Crippen molar-refractivity contribution >= 4 is 22.2 Å². The number of hydrogen-bond donors (Lipinski definition) is 1. The molecule has 1 aromatic carbocycles. The molecule has 0 aliphatic heterocycles. The van der Waals surface area contributed by atoms with Crippen LogP contribution in [0, 0.1) is 6.92 Å². The van der Waals surface area contributed by atoms with Crippen LogP contribution in [0.15, 0.2) is 53.5 Å². The molecule has 0 spiro atoms. The minimum absolute atomic E-state index is 0.664. The fraction of sp³-hybridized carbons (Fsp3) is 0.190. The second-order valence-corrected chi connectivity index (χ2v) is 7.10. The Morgan fingerprint density at radius 2 is 2.00 bits per heavy atom. The largest absolute Gasteiger partial charge is 0.497 e. The summed E-state index contributed by atoms with van der Waals surface area (Å²) >= 11 is 1.67. The third-order valence-corrected chi connectivity index (χ3v) is 5.04. The molecular formula is C21H20N4OS. The van der Waals surface area contributed by atoms with Crippen LogP contribution in [-0.2, 0) is 13.1 Å². The van der Waals surface area contributed by atoms with E-state index >= 15 is 0 Å². The number of hydrogen-bond acceptors (Lipinski definition) is 6. The minimum Gasteiger partial charge on any atom is -0.497 e. The average molecular weight is 376 g/mol. The van der Waals surface area contributed by atoms with Crippen molar-refractivity contribution in [1.82, 2.24) is 20.3 Å². The summed E-state index contributed by atoms with van der Waals surface area (Å²) in [6.45, 7) is 3.31. The molecule has 6 heteroatoms. The highest BCUT2D eigenvalue weighted by Gasteiger charge is 2.11. The Hall–Kier alpha value is -2.83. The number of methoxy groups -OCH3 is 1. The van der Waals surface area contributed by atoms with E-state index < -0.39 is 0 Å². The lowest BCUT2D eigenvalue weighted by molar-refractivity contribution is 0.415. The highest BCUT2D eigenvalue weighted by atomic mass is 32.1. The molecule has 27 heavy (non-hydrogen) atoms. The molecule has 5 nitrogen and oxygen atoms in total. The van der Waals surface area contributed by atoms with E-state index in [0.717, 1.165) is 44.9 Å². The first-order valence-corrected chi connectivity index (χ1v) is 9.66. The van der Waals surface area contributed by atoms with Gasteiger partial charge in [-0.1, -0.05) is 0 Å². The Labute approximate surface area is 162 Å². The molecule has 1 N–H and O–H groups in total. The number of thiophene rings is 1. The van der Waals surface area contributed by atoms with Crippen LogP contribution in [0.5, 0.6) is 5.75 Å². The lowest BCUT2D eigenvalue weighted by Gasteiger charge is -2.12. The number of nitrogens with zero attached hydrogens (tertiary/aromatic N) is 3. The molecule has 0 amide bonds. The highest BCUT2D eigenvalue weighted by Crippen LogP contribution is 2.29. The smallest absolute Gasteiger partial charge is 0.121 e. The molecule has 3 aromatic heterocycles. The monoisotopic (exact) mass is 376 g/mol. The number of rotatable bonds is 6. The molecule has 136 valence electrons. The van der Waals surface area contributed by atoms with E-state index in [1.807, 2.05) is 31.3 Å². The van der Waals surface area contributed by atoms with Gasteiger partial charge in [0.15, 0.2) is 0 Å². The van der Waals surface area contributed by atoms with E-state index in [1.54, 1.807) is 24.6 Å². The van der Waals surface area contributed by atoms with Crippen molar-refractivity contribution in [2.45, 2.75) is 20.0 Å². The lowest BCUT2D eigenvalue weighted by Crippen LogP contribution is -2.15. The fourth-order valence-corrected chi connectivity index (χ4v) is 3.58. The van der Waals surface area contributed by atoms with Crippen LogP contribution in [-0.4, -0.2) is 22.1 Å². The number of fused-ring (bicyclic) bond motifs is 1. The predicted octanol–water partition coefficient (Wildman–Crippen LogP) is 4.36. The van der Waals surface area contributed by atoms with Crippen LogP contribution in [0.3, 0.4) is 0 Å². The summed E-state index contributed by atoms with van der Waals surface area (Å²) in [4.78, 5) is 13.6. The molecule has 0 saturated carbocycles. The average Bonchev–Trinajstić information content (AvgIpc) is 3.23. The molecule has 0 bridgehead atoms. The Morgan fingerprint density at radius 1 is 1.07 bits per heavy atom. The minimum atomic E-state index is 0.664. The van der Waals surface area contributed by atoms with Gasteiger partial charge >= 0.3 is 0 Å². The number of nitrogens with one attached hydrogen (secondary N) is 1. The first-order valence-electron chi connectivity index (χ1n) is 8.71. The summed E-state index contributed by atoms with van der Waals surface area (Å²) in [5, 5.41) is 8.77. The normalized spacial score (nSPS) is 11.0. The van der Waals surface area contributed by atoms with Gasteiger partial charge in [0.05, 0.1) is 29.7 Å². The van der Waals surface area contributed by atoms with Crippen molar-refractivity contribution < 1.29 is 4.74 Å². The van der Waals surface area contributed by atoms with Gasteiger partial charge in [0.25, 0.3) is 0 Å². The van der Waals surface area contributed by atoms with Gasteiger partial charge in [0.2, 0.25) is 0 Å². The molecule has 3 heterocycles. The van der Waals surface area contributed by atoms with Gasteiger partial charge in [-0.25, -0.2) is 4.98 Å². The van der Waals surface area contributed by atoms with Crippen LogP contribution < -0.4 is 10.1 Å². The van der Waals surface area contributed by atoms with Gasteiger partial charge in [-0.05, 0) is 42.1 Å². The van der Waals surface area contributed by atoms with Crippen LogP contribution in [0.4, 0.5) is 0 Å². The number of aromatic nitrogens is 3. The van der Waals surface area contributed by atoms with Gasteiger partial charge in [0, 0.05) is 47.9 Å². The summed E-state index contributed by atoms with van der Waals surface area (Å²) in [6, 6.07) is 10.3. The van der Waals surface area contributed by atoms with Crippen molar-refractivity contribution in [3.63, 3.8) is 0 Å². The van der Waals surface area contributed by atoms with Crippen LogP contribution in [0.1, 0.15) is 17.0 Å². The number of benzene rings is 1. The molecule has 0 fully saturated rings. The van der Waals surface area contributed by atoms with Crippen molar-refractivity contribution in [1.29, 1.82) is 0 Å². The van der Waals surface area contributed by atoms with Crippen LogP contribution in [0.2, 0.25) is 0 Å². The molecule has 4 aromatic rings. The standard InChI is InChI=1S/C21H20N4OS/c1-14-9-24-18(12-23-14)11-22-10-17-7-15-3-4-19(26-2)8-20(15)25-21(17)16-5-6-27-13-16/h3-9,12-13,22H,10-11H2,1-2H3. The van der Waals surface area contributed by atoms with Crippen LogP contribution in [0.25, 0.3) is 22.2 Å². The number of pyridine rings is 1. The third-order valence-electron chi connectivity index (χ3n) is 4.35. The Balaban J connectivity index is 1.63. The van der Waals surface area contributed by atoms with E-state index in [9.17, 15) is 0 Å². The Morgan fingerprint density at radius 3 is 2.74 bits per heavy atom. The molecular weight excluding hydrogens is 356 g/mol. The van der Waals surface area contributed by atoms with Crippen LogP contribution >= 0.6 is 11.3 Å². The van der Waals surface area contributed by atoms with E-state index in [-0.39, 0.29) is 0 Å². The van der Waals surface area contributed by atoms with E-state index in [2.05, 4.69) is 38.2 Å². The summed E-state index contributed by atoms with van der Waals surface area (Å²) < 4.78 is 5.34. The molecule has 0 unspecified atom stereocenters. The second kappa shape index (κ2) is 7.82. The maximum Gasteiger partial charge on any atom is 0.121 e. The third kappa shape index (κ3) is 3.97. The van der Waals surface area contributed by atoms with E-state index in [4.69, 9.17) is 9.72 Å².